The van der Waals surface area contributed by atoms with Gasteiger partial charge >= 0.3 is 0 Å². The van der Waals surface area contributed by atoms with Crippen LogP contribution in [-0.2, 0) is 6.54 Å². The number of hydrogen-bond donors (Lipinski definition) is 0. The van der Waals surface area contributed by atoms with Crippen molar-refractivity contribution in [3.63, 3.8) is 0 Å². The quantitative estimate of drug-likeness (QED) is 0.455. The second kappa shape index (κ2) is 7.46. The van der Waals surface area contributed by atoms with Crippen LogP contribution in [0, 0.1) is 0 Å². The zero-order valence-electron chi connectivity index (χ0n) is 16.2. The van der Waals surface area contributed by atoms with E-state index in [1.807, 2.05) is 42.7 Å². The highest BCUT2D eigenvalue weighted by Crippen LogP contribution is 2.39. The normalized spacial score (nSPS) is 15.6. The van der Waals surface area contributed by atoms with Crippen LogP contribution in [0.25, 0.3) is 11.0 Å². The molecular formula is C24H18N2O3S. The smallest absolute Gasteiger partial charge is 0.291 e. The fourth-order valence-corrected chi connectivity index (χ4v) is 4.36. The van der Waals surface area contributed by atoms with Crippen LogP contribution in [0.15, 0.2) is 87.2 Å². The van der Waals surface area contributed by atoms with E-state index in [0.29, 0.717) is 23.1 Å². The molecule has 1 aliphatic rings. The third-order valence-electron chi connectivity index (χ3n) is 5.41. The number of rotatable bonds is 4. The van der Waals surface area contributed by atoms with Crippen molar-refractivity contribution in [3.05, 3.63) is 106 Å². The van der Waals surface area contributed by atoms with E-state index in [1.54, 1.807) is 53.3 Å². The molecule has 0 saturated heterocycles. The molecule has 5 nitrogen and oxygen atoms in total. The van der Waals surface area contributed by atoms with Crippen LogP contribution in [0.2, 0.25) is 0 Å². The van der Waals surface area contributed by atoms with Crippen molar-refractivity contribution < 1.29 is 9.21 Å². The molecule has 1 aliphatic heterocycles. The monoisotopic (exact) mass is 414 g/mol. The Morgan fingerprint density at radius 2 is 1.73 bits per heavy atom. The molecule has 148 valence electrons. The van der Waals surface area contributed by atoms with E-state index in [4.69, 9.17) is 4.42 Å². The standard InChI is InChI=1S/C24H18N2O3S/c1-30-17-8-6-16(7-9-17)21-20-22(27)18-4-2-3-5-19(18)29-23(20)24(28)26(21)14-15-10-12-25-13-11-15/h2-13,21H,14H2,1H3/t21-/m1/s1. The lowest BCUT2D eigenvalue weighted by atomic mass is 9.98. The third kappa shape index (κ3) is 3.00. The molecule has 1 atom stereocenters. The fraction of sp³-hybridized carbons (Fsp3) is 0.125. The highest BCUT2D eigenvalue weighted by molar-refractivity contribution is 7.98. The number of nitrogens with zero attached hydrogens (tertiary/aromatic N) is 2. The van der Waals surface area contributed by atoms with Crippen molar-refractivity contribution in [2.45, 2.75) is 17.5 Å². The van der Waals surface area contributed by atoms with Gasteiger partial charge in [-0.25, -0.2) is 0 Å². The minimum atomic E-state index is -0.502. The van der Waals surface area contributed by atoms with Gasteiger partial charge in [0, 0.05) is 23.8 Å². The van der Waals surface area contributed by atoms with E-state index in [2.05, 4.69) is 4.98 Å². The summed E-state index contributed by atoms with van der Waals surface area (Å²) in [6.07, 6.45) is 5.41. The van der Waals surface area contributed by atoms with Crippen molar-refractivity contribution in [2.24, 2.45) is 0 Å². The Kier molecular flexibility index (Phi) is 4.64. The molecule has 0 unspecified atom stereocenters. The summed E-state index contributed by atoms with van der Waals surface area (Å²) >= 11 is 1.65. The lowest BCUT2D eigenvalue weighted by molar-refractivity contribution is 0.0714. The van der Waals surface area contributed by atoms with Gasteiger partial charge in [-0.1, -0.05) is 24.3 Å². The average Bonchev–Trinajstić information content (AvgIpc) is 3.06. The first-order valence-corrected chi connectivity index (χ1v) is 10.8. The Morgan fingerprint density at radius 1 is 1.00 bits per heavy atom. The summed E-state index contributed by atoms with van der Waals surface area (Å²) in [4.78, 5) is 33.7. The molecule has 1 amide bonds. The van der Waals surface area contributed by atoms with Crippen molar-refractivity contribution in [3.8, 4) is 0 Å². The second-order valence-corrected chi connectivity index (χ2v) is 8.01. The molecule has 30 heavy (non-hydrogen) atoms. The Hall–Kier alpha value is -3.38. The second-order valence-electron chi connectivity index (χ2n) is 7.13. The average molecular weight is 414 g/mol. The molecule has 2 aromatic heterocycles. The molecule has 0 fully saturated rings. The number of pyridine rings is 1. The van der Waals surface area contributed by atoms with Crippen LogP contribution < -0.4 is 5.43 Å². The van der Waals surface area contributed by atoms with Gasteiger partial charge in [-0.15, -0.1) is 11.8 Å². The molecule has 3 heterocycles. The summed E-state index contributed by atoms with van der Waals surface area (Å²) in [5.74, 6) is -0.143. The van der Waals surface area contributed by atoms with Crippen LogP contribution in [0.1, 0.15) is 33.3 Å². The van der Waals surface area contributed by atoms with E-state index in [9.17, 15) is 9.59 Å². The van der Waals surface area contributed by atoms with Crippen LogP contribution in [0.3, 0.4) is 0 Å². The van der Waals surface area contributed by atoms with Gasteiger partial charge in [0.25, 0.3) is 5.91 Å². The molecule has 5 rings (SSSR count). The number of carbonyl (C=O) groups is 1. The lowest BCUT2D eigenvalue weighted by Gasteiger charge is -2.25. The zero-order valence-corrected chi connectivity index (χ0v) is 17.1. The highest BCUT2D eigenvalue weighted by atomic mass is 32.2. The van der Waals surface area contributed by atoms with Crippen LogP contribution in [0.4, 0.5) is 0 Å². The minimum Gasteiger partial charge on any atom is -0.450 e. The van der Waals surface area contributed by atoms with E-state index in [0.717, 1.165) is 16.0 Å². The summed E-state index contributed by atoms with van der Waals surface area (Å²) < 4.78 is 5.95. The molecule has 6 heteroatoms. The predicted octanol–water partition coefficient (Wildman–Crippen LogP) is 4.66. The van der Waals surface area contributed by atoms with Crippen LogP contribution in [-0.4, -0.2) is 22.0 Å². The van der Waals surface area contributed by atoms with Crippen molar-refractivity contribution in [2.75, 3.05) is 6.26 Å². The molecule has 0 aliphatic carbocycles. The number of thioether (sulfide) groups is 1. The molecular weight excluding hydrogens is 396 g/mol. The summed E-state index contributed by atoms with van der Waals surface area (Å²) in [6, 6.07) is 18.3. The maximum atomic E-state index is 13.4. The number of benzene rings is 2. The molecule has 0 spiro atoms. The van der Waals surface area contributed by atoms with Gasteiger partial charge in [0.1, 0.15) is 5.58 Å². The van der Waals surface area contributed by atoms with Gasteiger partial charge < -0.3 is 9.32 Å². The molecule has 0 radical (unpaired) electrons. The van der Waals surface area contributed by atoms with Crippen molar-refractivity contribution in [1.82, 2.24) is 9.88 Å². The lowest BCUT2D eigenvalue weighted by Crippen LogP contribution is -2.29. The van der Waals surface area contributed by atoms with E-state index < -0.39 is 6.04 Å². The van der Waals surface area contributed by atoms with Crippen molar-refractivity contribution >= 4 is 28.6 Å². The van der Waals surface area contributed by atoms with Gasteiger partial charge in [0.2, 0.25) is 5.76 Å². The number of hydrogen-bond acceptors (Lipinski definition) is 5. The zero-order chi connectivity index (χ0) is 20.7. The highest BCUT2D eigenvalue weighted by Gasteiger charge is 2.42. The first-order chi connectivity index (χ1) is 14.7. The fourth-order valence-electron chi connectivity index (χ4n) is 3.95. The first-order valence-electron chi connectivity index (χ1n) is 9.57. The van der Waals surface area contributed by atoms with Gasteiger partial charge in [-0.3, -0.25) is 14.6 Å². The molecule has 0 N–H and O–H groups in total. The summed E-state index contributed by atoms with van der Waals surface area (Å²) in [7, 11) is 0. The molecule has 0 bridgehead atoms. The maximum Gasteiger partial charge on any atom is 0.291 e. The van der Waals surface area contributed by atoms with Gasteiger partial charge in [0.05, 0.1) is 17.0 Å². The Morgan fingerprint density at radius 3 is 2.47 bits per heavy atom. The summed E-state index contributed by atoms with van der Waals surface area (Å²) in [6.45, 7) is 0.357. The summed E-state index contributed by atoms with van der Waals surface area (Å²) in [5.41, 5.74) is 2.50. The topological polar surface area (TPSA) is 63.4 Å². The van der Waals surface area contributed by atoms with Gasteiger partial charge in [-0.05, 0) is 53.8 Å². The number of carbonyl (C=O) groups excluding carboxylic acids is 1. The van der Waals surface area contributed by atoms with Gasteiger partial charge in [-0.2, -0.15) is 0 Å². The molecule has 4 aromatic rings. The Balaban J connectivity index is 1.71. The number of fused-ring (bicyclic) bond motifs is 2. The Bertz CT molecular complexity index is 1300. The maximum absolute atomic E-state index is 13.4. The van der Waals surface area contributed by atoms with E-state index >= 15 is 0 Å². The van der Waals surface area contributed by atoms with Gasteiger partial charge in [0.15, 0.2) is 5.43 Å². The molecule has 0 saturated carbocycles. The van der Waals surface area contributed by atoms with Crippen LogP contribution >= 0.6 is 11.8 Å². The SMILES string of the molecule is CSc1ccc([C@@H]2c3c(oc4ccccc4c3=O)C(=O)N2Cc2ccncc2)cc1. The van der Waals surface area contributed by atoms with E-state index in [1.165, 1.54) is 0 Å². The first kappa shape index (κ1) is 18.6. The predicted molar refractivity (Wildman–Crippen MR) is 117 cm³/mol. The largest absolute Gasteiger partial charge is 0.450 e. The third-order valence-corrected chi connectivity index (χ3v) is 6.15. The minimum absolute atomic E-state index is 0.131. The number of amides is 1. The summed E-state index contributed by atoms with van der Waals surface area (Å²) in [5, 5.41) is 0.487. The van der Waals surface area contributed by atoms with Crippen molar-refractivity contribution in [1.29, 1.82) is 0 Å². The van der Waals surface area contributed by atoms with Crippen LogP contribution in [0.5, 0.6) is 0 Å². The van der Waals surface area contributed by atoms with E-state index in [-0.39, 0.29) is 17.1 Å². The molecule has 2 aromatic carbocycles. The Labute approximate surface area is 177 Å². The number of para-hydroxylation sites is 1. The number of aromatic nitrogens is 1.